The quantitative estimate of drug-likeness (QED) is 0.724. The normalized spacial score (nSPS) is 26.6. The van der Waals surface area contributed by atoms with Crippen LogP contribution in [0.2, 0.25) is 0 Å². The van der Waals surface area contributed by atoms with E-state index in [2.05, 4.69) is 5.32 Å². The predicted molar refractivity (Wildman–Crippen MR) is 113 cm³/mol. The van der Waals surface area contributed by atoms with Crippen LogP contribution in [-0.2, 0) is 14.4 Å². The first-order chi connectivity index (χ1) is 15.0. The summed E-state index contributed by atoms with van der Waals surface area (Å²) in [7, 11) is 1.57. The van der Waals surface area contributed by atoms with Gasteiger partial charge in [0.05, 0.1) is 7.11 Å². The van der Waals surface area contributed by atoms with E-state index in [-0.39, 0.29) is 30.7 Å². The highest BCUT2D eigenvalue weighted by atomic mass is 16.5. The van der Waals surface area contributed by atoms with E-state index in [1.54, 1.807) is 47.4 Å². The molecule has 3 aliphatic heterocycles. The van der Waals surface area contributed by atoms with Gasteiger partial charge in [-0.25, -0.2) is 0 Å². The molecule has 0 saturated carbocycles. The minimum Gasteiger partial charge on any atom is -0.496 e. The molecule has 0 aliphatic carbocycles. The number of nitrogens with one attached hydrogen (secondary N) is 1. The topological polar surface area (TPSA) is 114 Å². The van der Waals surface area contributed by atoms with Crippen molar-refractivity contribution in [1.29, 1.82) is 0 Å². The summed E-state index contributed by atoms with van der Waals surface area (Å²) in [5.74, 6) is 0.539. The Balaban J connectivity index is 1.74. The van der Waals surface area contributed by atoms with Crippen LogP contribution in [0, 0.1) is 0 Å². The molecule has 3 heterocycles. The fourth-order valence-corrected chi connectivity index (χ4v) is 4.60. The first-order valence-electron chi connectivity index (χ1n) is 10.6. The van der Waals surface area contributed by atoms with Crippen LogP contribution in [0.1, 0.15) is 31.2 Å². The standard InChI is InChI=1S/C22H28N4O5/c1-30-17-5-4-15-13-14(17)7-10-24-21(28)16-3-2-11-25(16)22(29)20-18(31-15)8-12-26(20)19(27)6-9-23/h4-5,7,10,13,16,18,20H,2-3,6,8-9,11-12,23H2,1H3,(H,24,28)/b10-7-. The van der Waals surface area contributed by atoms with Crippen molar-refractivity contribution in [3.63, 3.8) is 0 Å². The summed E-state index contributed by atoms with van der Waals surface area (Å²) in [5.41, 5.74) is 6.32. The molecule has 1 aromatic carbocycles. The Morgan fingerprint density at radius 3 is 2.90 bits per heavy atom. The number of amides is 3. The Kier molecular flexibility index (Phi) is 6.13. The van der Waals surface area contributed by atoms with E-state index in [4.69, 9.17) is 15.2 Å². The van der Waals surface area contributed by atoms with E-state index in [1.165, 1.54) is 0 Å². The molecule has 3 amide bonds. The first-order valence-corrected chi connectivity index (χ1v) is 10.6. The lowest BCUT2D eigenvalue weighted by molar-refractivity contribution is -0.148. The SMILES string of the molecule is COc1ccc2cc1/C=C\NC(=O)C1CCCN1C(=O)C1C(CCN1C(=O)CCN)O2. The number of hydrogen-bond acceptors (Lipinski definition) is 6. The number of carbonyl (C=O) groups excluding carboxylic acids is 3. The molecule has 9 nitrogen and oxygen atoms in total. The molecule has 2 fully saturated rings. The van der Waals surface area contributed by atoms with Crippen LogP contribution in [0.5, 0.6) is 11.5 Å². The number of methoxy groups -OCH3 is 1. The van der Waals surface area contributed by atoms with E-state index in [0.717, 1.165) is 12.0 Å². The average Bonchev–Trinajstić information content (AvgIpc) is 3.40. The lowest BCUT2D eigenvalue weighted by Gasteiger charge is -2.33. The average molecular weight is 428 g/mol. The highest BCUT2D eigenvalue weighted by molar-refractivity contribution is 5.94. The van der Waals surface area contributed by atoms with Gasteiger partial charge >= 0.3 is 0 Å². The molecule has 31 heavy (non-hydrogen) atoms. The van der Waals surface area contributed by atoms with Gasteiger partial charge < -0.3 is 30.3 Å². The highest BCUT2D eigenvalue weighted by Gasteiger charge is 2.47. The van der Waals surface area contributed by atoms with Crippen molar-refractivity contribution in [3.8, 4) is 11.5 Å². The van der Waals surface area contributed by atoms with Gasteiger partial charge in [0.2, 0.25) is 17.7 Å². The molecule has 166 valence electrons. The van der Waals surface area contributed by atoms with Crippen LogP contribution in [0.4, 0.5) is 0 Å². The van der Waals surface area contributed by atoms with Crippen molar-refractivity contribution >= 4 is 23.8 Å². The largest absolute Gasteiger partial charge is 0.496 e. The van der Waals surface area contributed by atoms with Crippen LogP contribution in [0.25, 0.3) is 6.08 Å². The Labute approximate surface area is 181 Å². The number of carbonyl (C=O) groups is 3. The van der Waals surface area contributed by atoms with Gasteiger partial charge in [-0.05, 0) is 37.1 Å². The minimum atomic E-state index is -0.785. The number of nitrogens with zero attached hydrogens (tertiary/aromatic N) is 2. The maximum absolute atomic E-state index is 13.6. The minimum absolute atomic E-state index is 0.164. The third-order valence-corrected chi connectivity index (χ3v) is 6.09. The fourth-order valence-electron chi connectivity index (χ4n) is 4.60. The van der Waals surface area contributed by atoms with E-state index in [0.29, 0.717) is 37.4 Å². The molecular formula is C22H28N4O5. The fraction of sp³-hybridized carbons (Fsp3) is 0.500. The zero-order valence-electron chi connectivity index (χ0n) is 17.6. The van der Waals surface area contributed by atoms with Gasteiger partial charge in [0, 0.05) is 44.2 Å². The monoisotopic (exact) mass is 428 g/mol. The predicted octanol–water partition coefficient (Wildman–Crippen LogP) is 0.484. The summed E-state index contributed by atoms with van der Waals surface area (Å²) < 4.78 is 11.6. The van der Waals surface area contributed by atoms with Crippen molar-refractivity contribution in [1.82, 2.24) is 15.1 Å². The summed E-state index contributed by atoms with van der Waals surface area (Å²) >= 11 is 0. The zero-order chi connectivity index (χ0) is 22.0. The molecule has 0 radical (unpaired) electrons. The van der Waals surface area contributed by atoms with Crippen molar-refractivity contribution in [2.45, 2.75) is 43.9 Å². The van der Waals surface area contributed by atoms with E-state index >= 15 is 0 Å². The van der Waals surface area contributed by atoms with Crippen molar-refractivity contribution in [3.05, 3.63) is 30.0 Å². The molecular weight excluding hydrogens is 400 g/mol. The Bertz CT molecular complexity index is 902. The van der Waals surface area contributed by atoms with Crippen LogP contribution < -0.4 is 20.5 Å². The lowest BCUT2D eigenvalue weighted by Crippen LogP contribution is -2.56. The van der Waals surface area contributed by atoms with Crippen LogP contribution in [0.3, 0.4) is 0 Å². The van der Waals surface area contributed by atoms with Gasteiger partial charge in [-0.2, -0.15) is 0 Å². The van der Waals surface area contributed by atoms with E-state index in [9.17, 15) is 14.4 Å². The highest BCUT2D eigenvalue weighted by Crippen LogP contribution is 2.31. The molecule has 3 aliphatic rings. The Hall–Kier alpha value is -3.07. The van der Waals surface area contributed by atoms with E-state index < -0.39 is 18.2 Å². The third kappa shape index (κ3) is 4.10. The molecule has 0 spiro atoms. The summed E-state index contributed by atoms with van der Waals surface area (Å²) in [6.07, 6.45) is 4.79. The van der Waals surface area contributed by atoms with Gasteiger partial charge in [-0.3, -0.25) is 14.4 Å². The summed E-state index contributed by atoms with van der Waals surface area (Å²) in [5, 5.41) is 2.78. The molecule has 1 aromatic rings. The molecule has 9 heteroatoms. The zero-order valence-corrected chi connectivity index (χ0v) is 17.6. The number of fused-ring (bicyclic) bond motifs is 4. The van der Waals surface area contributed by atoms with Gasteiger partial charge in [0.25, 0.3) is 0 Å². The second-order valence-corrected chi connectivity index (χ2v) is 7.95. The molecule has 3 unspecified atom stereocenters. The van der Waals surface area contributed by atoms with Crippen LogP contribution >= 0.6 is 0 Å². The molecule has 2 bridgehead atoms. The van der Waals surface area contributed by atoms with Gasteiger partial charge in [0.1, 0.15) is 29.7 Å². The van der Waals surface area contributed by atoms with Gasteiger partial charge in [0.15, 0.2) is 0 Å². The maximum Gasteiger partial charge on any atom is 0.249 e. The maximum atomic E-state index is 13.6. The van der Waals surface area contributed by atoms with Crippen molar-refractivity contribution in [2.24, 2.45) is 5.73 Å². The molecule has 4 rings (SSSR count). The van der Waals surface area contributed by atoms with Gasteiger partial charge in [-0.15, -0.1) is 0 Å². The van der Waals surface area contributed by atoms with Crippen LogP contribution in [-0.4, -0.2) is 72.5 Å². The molecule has 0 aromatic heterocycles. The third-order valence-electron chi connectivity index (χ3n) is 6.09. The van der Waals surface area contributed by atoms with Crippen molar-refractivity contribution < 1.29 is 23.9 Å². The van der Waals surface area contributed by atoms with Crippen molar-refractivity contribution in [2.75, 3.05) is 26.7 Å². The second kappa shape index (κ2) is 8.97. The van der Waals surface area contributed by atoms with E-state index in [1.807, 2.05) is 0 Å². The van der Waals surface area contributed by atoms with Gasteiger partial charge in [-0.1, -0.05) is 0 Å². The number of nitrogens with two attached hydrogens (primary N) is 1. The second-order valence-electron chi connectivity index (χ2n) is 7.95. The summed E-state index contributed by atoms with van der Waals surface area (Å²) in [6, 6.07) is 3.99. The smallest absolute Gasteiger partial charge is 0.249 e. The molecule has 2 saturated heterocycles. The Morgan fingerprint density at radius 1 is 1.29 bits per heavy atom. The first kappa shape index (κ1) is 21.2. The molecule has 3 N–H and O–H groups in total. The number of hydrogen-bond donors (Lipinski definition) is 2. The number of benzene rings is 1. The summed E-state index contributed by atoms with van der Waals surface area (Å²) in [6.45, 7) is 1.10. The number of likely N-dealkylation sites (tertiary alicyclic amines) is 1. The summed E-state index contributed by atoms with van der Waals surface area (Å²) in [4.78, 5) is 42.3. The molecule has 3 atom stereocenters. The number of ether oxygens (including phenoxy) is 2. The Morgan fingerprint density at radius 2 is 2.13 bits per heavy atom. The van der Waals surface area contributed by atoms with Crippen LogP contribution in [0.15, 0.2) is 24.4 Å². The lowest BCUT2D eigenvalue weighted by atomic mass is 10.1. The number of rotatable bonds is 3.